The molecule has 0 radical (unpaired) electrons. The molecule has 6 heteroatoms. The maximum absolute atomic E-state index is 11.9. The number of amides is 1. The average molecular weight is 286 g/mol. The fraction of sp³-hybridized carbons (Fsp3) is 0.857. The van der Waals surface area contributed by atoms with Crippen molar-refractivity contribution in [2.24, 2.45) is 11.7 Å². The van der Waals surface area contributed by atoms with E-state index < -0.39 is 23.7 Å². The Labute approximate surface area is 120 Å². The molecule has 1 aliphatic rings. The van der Waals surface area contributed by atoms with Crippen molar-refractivity contribution in [1.29, 1.82) is 0 Å². The molecule has 20 heavy (non-hydrogen) atoms. The number of ether oxygens (including phenoxy) is 2. The lowest BCUT2D eigenvalue weighted by atomic mass is 9.82. The normalized spacial score (nSPS) is 24.6. The number of methoxy groups -OCH3 is 1. The van der Waals surface area contributed by atoms with Crippen LogP contribution in [0.4, 0.5) is 4.79 Å². The molecule has 1 aliphatic carbocycles. The largest absolute Gasteiger partial charge is 0.467 e. The summed E-state index contributed by atoms with van der Waals surface area (Å²) >= 11 is 0. The second-order valence-corrected chi connectivity index (χ2v) is 6.32. The Bertz CT molecular complexity index is 344. The van der Waals surface area contributed by atoms with E-state index in [-0.39, 0.29) is 12.0 Å². The van der Waals surface area contributed by atoms with Crippen molar-refractivity contribution in [2.75, 3.05) is 7.11 Å². The number of esters is 1. The molecule has 1 atom stereocenters. The zero-order valence-electron chi connectivity index (χ0n) is 12.8. The summed E-state index contributed by atoms with van der Waals surface area (Å²) in [6, 6.07) is -0.478. The number of nitrogens with two attached hydrogens (primary N) is 1. The molecule has 0 aromatic carbocycles. The van der Waals surface area contributed by atoms with Crippen molar-refractivity contribution in [3.8, 4) is 0 Å². The van der Waals surface area contributed by atoms with Crippen LogP contribution in [-0.2, 0) is 14.3 Å². The predicted molar refractivity (Wildman–Crippen MR) is 75.1 cm³/mol. The van der Waals surface area contributed by atoms with Gasteiger partial charge in [0.05, 0.1) is 7.11 Å². The molecule has 3 N–H and O–H groups in total. The summed E-state index contributed by atoms with van der Waals surface area (Å²) < 4.78 is 9.98. The van der Waals surface area contributed by atoms with Gasteiger partial charge in [0.2, 0.25) is 0 Å². The van der Waals surface area contributed by atoms with E-state index in [1.165, 1.54) is 7.11 Å². The number of hydrogen-bond donors (Lipinski definition) is 2. The molecule has 0 aromatic rings. The van der Waals surface area contributed by atoms with Gasteiger partial charge in [0.25, 0.3) is 0 Å². The van der Waals surface area contributed by atoms with Crippen LogP contribution in [0.3, 0.4) is 0 Å². The standard InChI is InChI=1S/C14H26N2O4/c1-14(2,3)20-13(18)16-11(12(17)19-4)9-5-7-10(15)8-6-9/h9-11H,5-8,15H2,1-4H3,(H,16,18). The van der Waals surface area contributed by atoms with Crippen LogP contribution in [0.15, 0.2) is 0 Å². The van der Waals surface area contributed by atoms with Crippen molar-refractivity contribution >= 4 is 12.1 Å². The first-order chi connectivity index (χ1) is 9.23. The summed E-state index contributed by atoms with van der Waals surface area (Å²) in [6.07, 6.45) is 2.72. The fourth-order valence-electron chi connectivity index (χ4n) is 2.41. The summed E-state index contributed by atoms with van der Waals surface area (Å²) in [6.45, 7) is 5.33. The Morgan fingerprint density at radius 1 is 1.20 bits per heavy atom. The van der Waals surface area contributed by atoms with Crippen LogP contribution in [0, 0.1) is 5.92 Å². The van der Waals surface area contributed by atoms with Crippen LogP contribution in [0.1, 0.15) is 46.5 Å². The summed E-state index contributed by atoms with van der Waals surface area (Å²) in [7, 11) is 1.32. The summed E-state index contributed by atoms with van der Waals surface area (Å²) in [5.41, 5.74) is 5.26. The molecule has 0 aromatic heterocycles. The average Bonchev–Trinajstić information content (AvgIpc) is 2.34. The number of carbonyl (C=O) groups is 2. The first kappa shape index (κ1) is 16.8. The van der Waals surface area contributed by atoms with Crippen molar-refractivity contribution in [3.63, 3.8) is 0 Å². The number of nitrogens with one attached hydrogen (secondary N) is 1. The van der Waals surface area contributed by atoms with Crippen LogP contribution in [-0.4, -0.2) is 36.9 Å². The molecule has 0 saturated heterocycles. The topological polar surface area (TPSA) is 90.6 Å². The first-order valence-electron chi connectivity index (χ1n) is 7.06. The van der Waals surface area contributed by atoms with E-state index in [9.17, 15) is 9.59 Å². The van der Waals surface area contributed by atoms with Gasteiger partial charge in [-0.25, -0.2) is 9.59 Å². The third kappa shape index (κ3) is 5.36. The highest BCUT2D eigenvalue weighted by molar-refractivity contribution is 5.81. The van der Waals surface area contributed by atoms with Gasteiger partial charge in [-0.1, -0.05) is 0 Å². The third-order valence-electron chi connectivity index (χ3n) is 3.42. The van der Waals surface area contributed by atoms with Crippen molar-refractivity contribution < 1.29 is 19.1 Å². The predicted octanol–water partition coefficient (Wildman–Crippen LogP) is 1.57. The number of rotatable bonds is 3. The molecular formula is C14H26N2O4. The lowest BCUT2D eigenvalue weighted by Gasteiger charge is -2.32. The summed E-state index contributed by atoms with van der Waals surface area (Å²) in [4.78, 5) is 23.7. The van der Waals surface area contributed by atoms with Gasteiger partial charge in [-0.2, -0.15) is 0 Å². The second kappa shape index (κ2) is 6.92. The van der Waals surface area contributed by atoms with Crippen LogP contribution in [0.2, 0.25) is 0 Å². The minimum atomic E-state index is -0.664. The number of carbonyl (C=O) groups excluding carboxylic acids is 2. The Morgan fingerprint density at radius 2 is 1.75 bits per heavy atom. The lowest BCUT2D eigenvalue weighted by Crippen LogP contribution is -2.49. The molecule has 0 spiro atoms. The van der Waals surface area contributed by atoms with Gasteiger partial charge in [0.15, 0.2) is 0 Å². The quantitative estimate of drug-likeness (QED) is 0.768. The van der Waals surface area contributed by atoms with Gasteiger partial charge in [-0.05, 0) is 52.4 Å². The highest BCUT2D eigenvalue weighted by atomic mass is 16.6. The van der Waals surface area contributed by atoms with Gasteiger partial charge in [0, 0.05) is 6.04 Å². The number of hydrogen-bond acceptors (Lipinski definition) is 5. The highest BCUT2D eigenvalue weighted by Crippen LogP contribution is 2.26. The van der Waals surface area contributed by atoms with Crippen LogP contribution < -0.4 is 11.1 Å². The van der Waals surface area contributed by atoms with Gasteiger partial charge >= 0.3 is 12.1 Å². The van der Waals surface area contributed by atoms with Crippen molar-refractivity contribution in [1.82, 2.24) is 5.32 Å². The molecule has 0 bridgehead atoms. The monoisotopic (exact) mass is 286 g/mol. The Kier molecular flexibility index (Phi) is 5.80. The maximum atomic E-state index is 11.9. The molecule has 1 fully saturated rings. The zero-order chi connectivity index (χ0) is 15.3. The summed E-state index contributed by atoms with van der Waals surface area (Å²) in [5.74, 6) is -0.383. The Balaban J connectivity index is 2.65. The minimum absolute atomic E-state index is 0.0507. The van der Waals surface area contributed by atoms with E-state index in [2.05, 4.69) is 5.32 Å². The summed E-state index contributed by atoms with van der Waals surface area (Å²) in [5, 5.41) is 2.63. The van der Waals surface area contributed by atoms with E-state index >= 15 is 0 Å². The van der Waals surface area contributed by atoms with Crippen molar-refractivity contribution in [3.05, 3.63) is 0 Å². The SMILES string of the molecule is COC(=O)C(NC(=O)OC(C)(C)C)C1CCC(N)CC1. The van der Waals surface area contributed by atoms with E-state index in [0.717, 1.165) is 25.7 Å². The maximum Gasteiger partial charge on any atom is 0.408 e. The van der Waals surface area contributed by atoms with Crippen LogP contribution in [0.25, 0.3) is 0 Å². The molecule has 116 valence electrons. The van der Waals surface area contributed by atoms with Gasteiger partial charge in [-0.3, -0.25) is 0 Å². The molecule has 1 saturated carbocycles. The molecule has 0 heterocycles. The second-order valence-electron chi connectivity index (χ2n) is 6.32. The van der Waals surface area contributed by atoms with Crippen LogP contribution in [0.5, 0.6) is 0 Å². The molecule has 6 nitrogen and oxygen atoms in total. The van der Waals surface area contributed by atoms with E-state index in [0.29, 0.717) is 0 Å². The van der Waals surface area contributed by atoms with E-state index in [1.54, 1.807) is 20.8 Å². The van der Waals surface area contributed by atoms with Gasteiger partial charge in [-0.15, -0.1) is 0 Å². The third-order valence-corrected chi connectivity index (χ3v) is 3.42. The molecular weight excluding hydrogens is 260 g/mol. The Morgan fingerprint density at radius 3 is 2.20 bits per heavy atom. The minimum Gasteiger partial charge on any atom is -0.467 e. The van der Waals surface area contributed by atoms with E-state index in [4.69, 9.17) is 15.2 Å². The lowest BCUT2D eigenvalue weighted by molar-refractivity contribution is -0.145. The molecule has 1 unspecified atom stereocenters. The first-order valence-corrected chi connectivity index (χ1v) is 7.06. The van der Waals surface area contributed by atoms with E-state index in [1.807, 2.05) is 0 Å². The fourth-order valence-corrected chi connectivity index (χ4v) is 2.41. The van der Waals surface area contributed by atoms with Gasteiger partial charge < -0.3 is 20.5 Å². The Hall–Kier alpha value is -1.30. The highest BCUT2D eigenvalue weighted by Gasteiger charge is 2.34. The number of alkyl carbamates (subject to hydrolysis) is 1. The molecule has 0 aliphatic heterocycles. The smallest absolute Gasteiger partial charge is 0.408 e. The molecule has 1 amide bonds. The zero-order valence-corrected chi connectivity index (χ0v) is 12.8. The molecule has 1 rings (SSSR count). The van der Waals surface area contributed by atoms with Crippen molar-refractivity contribution in [2.45, 2.75) is 64.1 Å². The van der Waals surface area contributed by atoms with Crippen LogP contribution >= 0.6 is 0 Å². The van der Waals surface area contributed by atoms with Gasteiger partial charge in [0.1, 0.15) is 11.6 Å².